The number of rotatable bonds is 3. The lowest BCUT2D eigenvalue weighted by Gasteiger charge is -2.33. The SMILES string of the molecule is CCc1nc2ccccc2c(=O)n1CC(=O)N1CCCCC1C. The number of para-hydroxylation sites is 1. The average molecular weight is 313 g/mol. The lowest BCUT2D eigenvalue weighted by Crippen LogP contribution is -2.45. The highest BCUT2D eigenvalue weighted by molar-refractivity contribution is 5.79. The van der Waals surface area contributed by atoms with Crippen LogP contribution in [0.4, 0.5) is 0 Å². The van der Waals surface area contributed by atoms with Gasteiger partial charge in [0.05, 0.1) is 10.9 Å². The van der Waals surface area contributed by atoms with E-state index in [4.69, 9.17) is 0 Å². The number of piperidine rings is 1. The van der Waals surface area contributed by atoms with Crippen molar-refractivity contribution in [2.45, 2.75) is 52.1 Å². The van der Waals surface area contributed by atoms with Crippen molar-refractivity contribution in [2.75, 3.05) is 6.54 Å². The van der Waals surface area contributed by atoms with Crippen molar-refractivity contribution in [3.8, 4) is 0 Å². The molecule has 2 heterocycles. The van der Waals surface area contributed by atoms with E-state index < -0.39 is 0 Å². The van der Waals surface area contributed by atoms with Crippen LogP contribution < -0.4 is 5.56 Å². The van der Waals surface area contributed by atoms with E-state index in [2.05, 4.69) is 11.9 Å². The normalized spacial score (nSPS) is 18.3. The molecule has 2 aromatic rings. The maximum Gasteiger partial charge on any atom is 0.261 e. The van der Waals surface area contributed by atoms with E-state index >= 15 is 0 Å². The molecule has 1 atom stereocenters. The van der Waals surface area contributed by atoms with E-state index in [-0.39, 0.29) is 24.1 Å². The van der Waals surface area contributed by atoms with E-state index in [1.807, 2.05) is 30.0 Å². The third-order valence-corrected chi connectivity index (χ3v) is 4.67. The fraction of sp³-hybridized carbons (Fsp3) is 0.500. The van der Waals surface area contributed by atoms with Crippen molar-refractivity contribution in [1.29, 1.82) is 0 Å². The van der Waals surface area contributed by atoms with Crippen LogP contribution in [0.5, 0.6) is 0 Å². The summed E-state index contributed by atoms with van der Waals surface area (Å²) in [6.45, 7) is 4.92. The monoisotopic (exact) mass is 313 g/mol. The molecule has 23 heavy (non-hydrogen) atoms. The summed E-state index contributed by atoms with van der Waals surface area (Å²) in [7, 11) is 0. The molecular weight excluding hydrogens is 290 g/mol. The molecule has 1 aromatic carbocycles. The third kappa shape index (κ3) is 3.00. The number of carbonyl (C=O) groups excluding carboxylic acids is 1. The van der Waals surface area contributed by atoms with Gasteiger partial charge in [-0.05, 0) is 38.3 Å². The first-order chi connectivity index (χ1) is 11.1. The minimum absolute atomic E-state index is 0.0195. The van der Waals surface area contributed by atoms with E-state index in [9.17, 15) is 9.59 Å². The van der Waals surface area contributed by atoms with E-state index in [0.717, 1.165) is 19.4 Å². The van der Waals surface area contributed by atoms with Crippen molar-refractivity contribution in [2.24, 2.45) is 0 Å². The van der Waals surface area contributed by atoms with Gasteiger partial charge in [0.1, 0.15) is 12.4 Å². The minimum atomic E-state index is -0.120. The van der Waals surface area contributed by atoms with Crippen molar-refractivity contribution < 1.29 is 4.79 Å². The van der Waals surface area contributed by atoms with Gasteiger partial charge in [-0.1, -0.05) is 19.1 Å². The van der Waals surface area contributed by atoms with Gasteiger partial charge in [0.25, 0.3) is 5.56 Å². The fourth-order valence-corrected chi connectivity index (χ4v) is 3.34. The Hall–Kier alpha value is -2.17. The van der Waals surface area contributed by atoms with Crippen LogP contribution in [-0.4, -0.2) is 32.9 Å². The molecule has 1 aliphatic heterocycles. The Kier molecular flexibility index (Phi) is 4.46. The molecule has 1 unspecified atom stereocenters. The van der Waals surface area contributed by atoms with Crippen LogP contribution >= 0.6 is 0 Å². The van der Waals surface area contributed by atoms with Crippen molar-refractivity contribution in [3.05, 3.63) is 40.4 Å². The lowest BCUT2D eigenvalue weighted by molar-refractivity contribution is -0.135. The van der Waals surface area contributed by atoms with Gasteiger partial charge < -0.3 is 4.90 Å². The molecule has 1 fully saturated rings. The maximum absolute atomic E-state index is 12.8. The van der Waals surface area contributed by atoms with Gasteiger partial charge in [-0.25, -0.2) is 4.98 Å². The quantitative estimate of drug-likeness (QED) is 0.874. The Morgan fingerprint density at radius 3 is 2.83 bits per heavy atom. The van der Waals surface area contributed by atoms with Crippen molar-refractivity contribution >= 4 is 16.8 Å². The van der Waals surface area contributed by atoms with Gasteiger partial charge in [0.2, 0.25) is 5.91 Å². The highest BCUT2D eigenvalue weighted by Gasteiger charge is 2.24. The summed E-state index contributed by atoms with van der Waals surface area (Å²) in [5, 5.41) is 0.573. The van der Waals surface area contributed by atoms with E-state index in [0.29, 0.717) is 23.1 Å². The summed E-state index contributed by atoms with van der Waals surface area (Å²) in [5.74, 6) is 0.692. The predicted octanol–water partition coefficient (Wildman–Crippen LogP) is 2.36. The first-order valence-electron chi connectivity index (χ1n) is 8.39. The summed E-state index contributed by atoms with van der Waals surface area (Å²) in [5.41, 5.74) is 0.579. The number of benzene rings is 1. The van der Waals surface area contributed by atoms with Crippen LogP contribution in [0.2, 0.25) is 0 Å². The second kappa shape index (κ2) is 6.52. The molecule has 1 amide bonds. The van der Waals surface area contributed by atoms with Gasteiger partial charge in [-0.3, -0.25) is 14.2 Å². The highest BCUT2D eigenvalue weighted by Crippen LogP contribution is 2.17. The second-order valence-corrected chi connectivity index (χ2v) is 6.22. The average Bonchev–Trinajstić information content (AvgIpc) is 2.57. The molecule has 122 valence electrons. The smallest absolute Gasteiger partial charge is 0.261 e. The van der Waals surface area contributed by atoms with Crippen molar-refractivity contribution in [1.82, 2.24) is 14.5 Å². The number of likely N-dealkylation sites (tertiary alicyclic amines) is 1. The number of nitrogens with zero attached hydrogens (tertiary/aromatic N) is 3. The Bertz CT molecular complexity index is 781. The van der Waals surface area contributed by atoms with Crippen LogP contribution in [-0.2, 0) is 17.8 Å². The molecule has 0 bridgehead atoms. The number of hydrogen-bond donors (Lipinski definition) is 0. The number of hydrogen-bond acceptors (Lipinski definition) is 3. The van der Waals surface area contributed by atoms with Gasteiger partial charge in [-0.15, -0.1) is 0 Å². The largest absolute Gasteiger partial charge is 0.338 e. The second-order valence-electron chi connectivity index (χ2n) is 6.22. The van der Waals surface area contributed by atoms with Gasteiger partial charge >= 0.3 is 0 Å². The first-order valence-corrected chi connectivity index (χ1v) is 8.39. The Morgan fingerprint density at radius 2 is 2.09 bits per heavy atom. The van der Waals surface area contributed by atoms with Crippen LogP contribution in [0.3, 0.4) is 0 Å². The molecular formula is C18H23N3O2. The Morgan fingerprint density at radius 1 is 1.30 bits per heavy atom. The standard InChI is InChI=1S/C18H23N3O2/c1-3-16-19-15-10-5-4-9-14(15)18(23)21(16)12-17(22)20-11-7-6-8-13(20)2/h4-5,9-10,13H,3,6-8,11-12H2,1-2H3. The highest BCUT2D eigenvalue weighted by atomic mass is 16.2. The van der Waals surface area contributed by atoms with Gasteiger partial charge in [-0.2, -0.15) is 0 Å². The molecule has 1 saturated heterocycles. The zero-order valence-corrected chi connectivity index (χ0v) is 13.8. The zero-order chi connectivity index (χ0) is 16.4. The maximum atomic E-state index is 12.8. The van der Waals surface area contributed by atoms with E-state index in [1.165, 1.54) is 6.42 Å². The molecule has 0 radical (unpaired) electrons. The number of fused-ring (bicyclic) bond motifs is 1. The van der Waals surface area contributed by atoms with Gasteiger partial charge in [0, 0.05) is 19.0 Å². The molecule has 0 spiro atoms. The Labute approximate surface area is 135 Å². The van der Waals surface area contributed by atoms with Crippen molar-refractivity contribution in [3.63, 3.8) is 0 Å². The molecule has 1 aliphatic rings. The Balaban J connectivity index is 1.97. The summed E-state index contributed by atoms with van der Waals surface area (Å²) in [4.78, 5) is 31.9. The van der Waals surface area contributed by atoms with Gasteiger partial charge in [0.15, 0.2) is 0 Å². The molecule has 0 saturated carbocycles. The van der Waals surface area contributed by atoms with E-state index in [1.54, 1.807) is 10.6 Å². The zero-order valence-electron chi connectivity index (χ0n) is 13.8. The molecule has 0 N–H and O–H groups in total. The van der Waals surface area contributed by atoms with Crippen LogP contribution in [0, 0.1) is 0 Å². The van der Waals surface area contributed by atoms with Crippen LogP contribution in [0.15, 0.2) is 29.1 Å². The van der Waals surface area contributed by atoms with Crippen LogP contribution in [0.25, 0.3) is 10.9 Å². The third-order valence-electron chi connectivity index (χ3n) is 4.67. The minimum Gasteiger partial charge on any atom is -0.338 e. The topological polar surface area (TPSA) is 55.2 Å². The molecule has 5 nitrogen and oxygen atoms in total. The summed E-state index contributed by atoms with van der Waals surface area (Å²) in [6.07, 6.45) is 3.88. The lowest BCUT2D eigenvalue weighted by atomic mass is 10.0. The predicted molar refractivity (Wildman–Crippen MR) is 90.4 cm³/mol. The summed E-state index contributed by atoms with van der Waals surface area (Å²) < 4.78 is 1.55. The molecule has 3 rings (SSSR count). The summed E-state index contributed by atoms with van der Waals surface area (Å²) in [6, 6.07) is 7.57. The number of aryl methyl sites for hydroxylation is 1. The fourth-order valence-electron chi connectivity index (χ4n) is 3.34. The number of carbonyl (C=O) groups is 1. The van der Waals surface area contributed by atoms with Crippen LogP contribution in [0.1, 0.15) is 38.9 Å². The molecule has 0 aliphatic carbocycles. The first kappa shape index (κ1) is 15.7. The molecule has 5 heteroatoms. The summed E-state index contributed by atoms with van der Waals surface area (Å²) >= 11 is 0. The molecule has 1 aromatic heterocycles. The number of amides is 1. The number of aromatic nitrogens is 2.